The van der Waals surface area contributed by atoms with Gasteiger partial charge in [0, 0.05) is 11.6 Å². The maximum Gasteiger partial charge on any atom is 0.338 e. The Hall–Kier alpha value is -1.96. The number of carbonyl (C=O) groups is 1. The van der Waals surface area contributed by atoms with Gasteiger partial charge in [-0.1, -0.05) is 36.5 Å². The Labute approximate surface area is 174 Å². The summed E-state index contributed by atoms with van der Waals surface area (Å²) >= 11 is 11.8. The van der Waals surface area contributed by atoms with Crippen LogP contribution in [0.15, 0.2) is 41.3 Å². The lowest BCUT2D eigenvalue weighted by molar-refractivity contribution is 0.0526. The fourth-order valence-corrected chi connectivity index (χ4v) is 4.78. The maximum absolute atomic E-state index is 13.2. The molecule has 0 spiro atoms. The number of halogens is 2. The molecule has 0 aliphatic carbocycles. The molecule has 2 aromatic rings. The SMILES string of the molecule is CCCCN(c1ccc(C(=O)OCC)cc1)S(=O)(=O)c1cc(Cl)cc(Cl)c1O. The first-order valence-corrected chi connectivity index (χ1v) is 10.9. The summed E-state index contributed by atoms with van der Waals surface area (Å²) in [7, 11) is -4.15. The number of hydrogen-bond donors (Lipinski definition) is 1. The van der Waals surface area contributed by atoms with Gasteiger partial charge >= 0.3 is 5.97 Å². The van der Waals surface area contributed by atoms with E-state index >= 15 is 0 Å². The molecule has 0 saturated heterocycles. The van der Waals surface area contributed by atoms with Crippen molar-refractivity contribution in [3.05, 3.63) is 52.0 Å². The molecule has 28 heavy (non-hydrogen) atoms. The molecule has 0 aromatic heterocycles. The topological polar surface area (TPSA) is 83.9 Å². The number of phenols is 1. The van der Waals surface area contributed by atoms with Crippen LogP contribution in [0.5, 0.6) is 5.75 Å². The van der Waals surface area contributed by atoms with E-state index in [1.54, 1.807) is 6.92 Å². The molecule has 2 aromatic carbocycles. The highest BCUT2D eigenvalue weighted by atomic mass is 35.5. The molecule has 0 fully saturated rings. The van der Waals surface area contributed by atoms with Crippen molar-refractivity contribution in [1.82, 2.24) is 0 Å². The van der Waals surface area contributed by atoms with Crippen LogP contribution in [0, 0.1) is 0 Å². The van der Waals surface area contributed by atoms with Gasteiger partial charge in [-0.15, -0.1) is 0 Å². The van der Waals surface area contributed by atoms with Gasteiger partial charge in [0.15, 0.2) is 5.75 Å². The average Bonchev–Trinajstić information content (AvgIpc) is 2.65. The van der Waals surface area contributed by atoms with E-state index in [1.165, 1.54) is 30.3 Å². The van der Waals surface area contributed by atoms with Gasteiger partial charge in [-0.05, 0) is 49.7 Å². The zero-order valence-electron chi connectivity index (χ0n) is 15.5. The van der Waals surface area contributed by atoms with Crippen LogP contribution in [0.4, 0.5) is 5.69 Å². The van der Waals surface area contributed by atoms with E-state index < -0.39 is 21.7 Å². The standard InChI is InChI=1S/C19H21Cl2NO5S/c1-3-5-10-22(15-8-6-13(7-9-15)19(24)27-4-2)28(25,26)17-12-14(20)11-16(21)18(17)23/h6-9,11-12,23H,3-5,10H2,1-2H3. The Kier molecular flexibility index (Phi) is 7.57. The summed E-state index contributed by atoms with van der Waals surface area (Å²) in [5, 5.41) is 10.1. The van der Waals surface area contributed by atoms with Crippen molar-refractivity contribution < 1.29 is 23.1 Å². The van der Waals surface area contributed by atoms with Crippen LogP contribution in [0.25, 0.3) is 0 Å². The molecule has 0 heterocycles. The number of rotatable bonds is 8. The van der Waals surface area contributed by atoms with Crippen molar-refractivity contribution >= 4 is 44.9 Å². The second-order valence-electron chi connectivity index (χ2n) is 5.93. The highest BCUT2D eigenvalue weighted by Crippen LogP contribution is 2.37. The number of phenolic OH excluding ortho intramolecular Hbond substituents is 1. The molecule has 0 radical (unpaired) electrons. The fraction of sp³-hybridized carbons (Fsp3) is 0.316. The summed E-state index contributed by atoms with van der Waals surface area (Å²) in [6.45, 7) is 4.06. The molecule has 0 unspecified atom stereocenters. The molecule has 0 aliphatic rings. The van der Waals surface area contributed by atoms with E-state index in [4.69, 9.17) is 27.9 Å². The number of aromatic hydroxyl groups is 1. The quantitative estimate of drug-likeness (QED) is 0.585. The van der Waals surface area contributed by atoms with Crippen LogP contribution >= 0.6 is 23.2 Å². The van der Waals surface area contributed by atoms with E-state index in [2.05, 4.69) is 0 Å². The van der Waals surface area contributed by atoms with Crippen molar-refractivity contribution in [3.8, 4) is 5.75 Å². The predicted octanol–water partition coefficient (Wildman–Crippen LogP) is 4.87. The van der Waals surface area contributed by atoms with Crippen LogP contribution < -0.4 is 4.31 Å². The summed E-state index contributed by atoms with van der Waals surface area (Å²) in [4.78, 5) is 11.4. The Bertz CT molecular complexity index is 946. The first-order valence-electron chi connectivity index (χ1n) is 8.70. The minimum absolute atomic E-state index is 0.0921. The van der Waals surface area contributed by atoms with Crippen molar-refractivity contribution in [3.63, 3.8) is 0 Å². The van der Waals surface area contributed by atoms with Crippen LogP contribution in [0.3, 0.4) is 0 Å². The number of esters is 1. The predicted molar refractivity (Wildman–Crippen MR) is 110 cm³/mol. The third kappa shape index (κ3) is 4.90. The van der Waals surface area contributed by atoms with Crippen LogP contribution in [-0.2, 0) is 14.8 Å². The number of sulfonamides is 1. The average molecular weight is 446 g/mol. The molecule has 0 aliphatic heterocycles. The molecule has 9 heteroatoms. The van der Waals surface area contributed by atoms with Gasteiger partial charge in [0.1, 0.15) is 4.90 Å². The summed E-state index contributed by atoms with van der Waals surface area (Å²) in [5.74, 6) is -1.05. The third-order valence-electron chi connectivity index (χ3n) is 3.94. The second kappa shape index (κ2) is 9.49. The number of ether oxygens (including phenoxy) is 1. The lowest BCUT2D eigenvalue weighted by atomic mass is 10.2. The molecule has 152 valence electrons. The zero-order valence-corrected chi connectivity index (χ0v) is 17.8. The second-order valence-corrected chi connectivity index (χ2v) is 8.61. The molecule has 2 rings (SSSR count). The van der Waals surface area contributed by atoms with E-state index in [9.17, 15) is 18.3 Å². The lowest BCUT2D eigenvalue weighted by Crippen LogP contribution is -2.32. The Morgan fingerprint density at radius 1 is 1.14 bits per heavy atom. The molecule has 0 bridgehead atoms. The summed E-state index contributed by atoms with van der Waals surface area (Å²) < 4.78 is 32.6. The third-order valence-corrected chi connectivity index (χ3v) is 6.29. The Balaban J connectivity index is 2.50. The van der Waals surface area contributed by atoms with Crippen LogP contribution in [-0.4, -0.2) is 32.6 Å². The van der Waals surface area contributed by atoms with Gasteiger partial charge in [-0.2, -0.15) is 0 Å². The largest absolute Gasteiger partial charge is 0.505 e. The van der Waals surface area contributed by atoms with Crippen LogP contribution in [0.2, 0.25) is 10.0 Å². The Morgan fingerprint density at radius 2 is 1.79 bits per heavy atom. The minimum atomic E-state index is -4.15. The minimum Gasteiger partial charge on any atom is -0.505 e. The molecule has 6 nitrogen and oxygen atoms in total. The highest BCUT2D eigenvalue weighted by molar-refractivity contribution is 7.93. The normalized spacial score (nSPS) is 11.3. The van der Waals surface area contributed by atoms with Gasteiger partial charge in [0.25, 0.3) is 10.0 Å². The number of hydrogen-bond acceptors (Lipinski definition) is 5. The van der Waals surface area contributed by atoms with E-state index in [0.717, 1.165) is 16.8 Å². The fourth-order valence-electron chi connectivity index (χ4n) is 2.53. The monoisotopic (exact) mass is 445 g/mol. The van der Waals surface area contributed by atoms with Crippen molar-refractivity contribution in [1.29, 1.82) is 0 Å². The molecule has 0 amide bonds. The summed E-state index contributed by atoms with van der Waals surface area (Å²) in [5.41, 5.74) is 0.657. The smallest absolute Gasteiger partial charge is 0.338 e. The van der Waals surface area contributed by atoms with Crippen molar-refractivity contribution in [2.45, 2.75) is 31.6 Å². The number of anilines is 1. The van der Waals surface area contributed by atoms with E-state index in [1.807, 2.05) is 6.92 Å². The molecule has 0 saturated carbocycles. The van der Waals surface area contributed by atoms with Crippen molar-refractivity contribution in [2.75, 3.05) is 17.5 Å². The molecular formula is C19H21Cl2NO5S. The zero-order chi connectivity index (χ0) is 20.9. The van der Waals surface area contributed by atoms with E-state index in [-0.39, 0.29) is 28.1 Å². The van der Waals surface area contributed by atoms with Crippen molar-refractivity contribution in [2.24, 2.45) is 0 Å². The first kappa shape index (κ1) is 22.3. The summed E-state index contributed by atoms with van der Waals surface area (Å²) in [6.07, 6.45) is 1.35. The number of carbonyl (C=O) groups excluding carboxylic acids is 1. The van der Waals surface area contributed by atoms with Gasteiger partial charge in [0.05, 0.1) is 22.9 Å². The molecule has 1 N–H and O–H groups in total. The number of unbranched alkanes of at least 4 members (excludes halogenated alkanes) is 1. The summed E-state index contributed by atoms with van der Waals surface area (Å²) in [6, 6.07) is 8.44. The van der Waals surface area contributed by atoms with Gasteiger partial charge < -0.3 is 9.84 Å². The maximum atomic E-state index is 13.2. The van der Waals surface area contributed by atoms with Gasteiger partial charge in [0.2, 0.25) is 0 Å². The van der Waals surface area contributed by atoms with Gasteiger partial charge in [-0.25, -0.2) is 13.2 Å². The number of nitrogens with zero attached hydrogens (tertiary/aromatic N) is 1. The highest BCUT2D eigenvalue weighted by Gasteiger charge is 2.29. The number of benzene rings is 2. The van der Waals surface area contributed by atoms with E-state index in [0.29, 0.717) is 17.7 Å². The van der Waals surface area contributed by atoms with Crippen LogP contribution in [0.1, 0.15) is 37.0 Å². The lowest BCUT2D eigenvalue weighted by Gasteiger charge is -2.25. The molecule has 0 atom stereocenters. The molecular weight excluding hydrogens is 425 g/mol. The Morgan fingerprint density at radius 3 is 2.36 bits per heavy atom. The first-order chi connectivity index (χ1) is 13.2. The van der Waals surface area contributed by atoms with Gasteiger partial charge in [-0.3, -0.25) is 4.31 Å².